The molecule has 0 aromatic rings. The highest BCUT2D eigenvalue weighted by Crippen LogP contribution is 2.33. The van der Waals surface area contributed by atoms with Crippen molar-refractivity contribution < 1.29 is 19.7 Å². The van der Waals surface area contributed by atoms with E-state index >= 15 is 0 Å². The number of rotatable bonds is 7. The lowest BCUT2D eigenvalue weighted by molar-refractivity contribution is -0.153. The Morgan fingerprint density at radius 3 is 2.78 bits per heavy atom. The van der Waals surface area contributed by atoms with Crippen molar-refractivity contribution in [1.82, 2.24) is 4.90 Å². The van der Waals surface area contributed by atoms with Gasteiger partial charge in [-0.1, -0.05) is 6.92 Å². The molecular weight excluding hydrogens is 234 g/mol. The van der Waals surface area contributed by atoms with Crippen LogP contribution in [0.5, 0.6) is 0 Å². The van der Waals surface area contributed by atoms with E-state index in [-0.39, 0.29) is 0 Å². The summed E-state index contributed by atoms with van der Waals surface area (Å²) in [6.45, 7) is 6.61. The van der Waals surface area contributed by atoms with Crippen molar-refractivity contribution in [1.29, 1.82) is 0 Å². The fourth-order valence-electron chi connectivity index (χ4n) is 2.60. The predicted molar refractivity (Wildman–Crippen MR) is 68.5 cm³/mol. The van der Waals surface area contributed by atoms with Gasteiger partial charge in [-0.05, 0) is 32.7 Å². The van der Waals surface area contributed by atoms with E-state index < -0.39 is 17.5 Å². The number of aliphatic carboxylic acids is 1. The molecule has 0 saturated carbocycles. The molecule has 1 aliphatic rings. The molecule has 0 aliphatic carbocycles. The number of carboxylic acids is 1. The van der Waals surface area contributed by atoms with Crippen molar-refractivity contribution >= 4 is 5.97 Å². The van der Waals surface area contributed by atoms with Crippen molar-refractivity contribution in [2.45, 2.75) is 39.2 Å². The molecule has 0 spiro atoms. The first kappa shape index (κ1) is 15.4. The average molecular weight is 259 g/mol. The van der Waals surface area contributed by atoms with Crippen molar-refractivity contribution in [2.24, 2.45) is 5.41 Å². The summed E-state index contributed by atoms with van der Waals surface area (Å²) >= 11 is 0. The molecule has 1 saturated heterocycles. The highest BCUT2D eigenvalue weighted by atomic mass is 16.5. The number of ether oxygens (including phenoxy) is 1. The summed E-state index contributed by atoms with van der Waals surface area (Å²) in [5, 5.41) is 19.2. The number of β-amino-alcohol motifs (C(OH)–C–C–N with tert-alkyl or cyclic N) is 1. The molecule has 1 fully saturated rings. The molecule has 1 aliphatic heterocycles. The van der Waals surface area contributed by atoms with Gasteiger partial charge in [0.1, 0.15) is 0 Å². The Bertz CT molecular complexity index is 272. The Morgan fingerprint density at radius 2 is 2.22 bits per heavy atom. The zero-order valence-corrected chi connectivity index (χ0v) is 11.4. The first-order valence-electron chi connectivity index (χ1n) is 6.75. The quantitative estimate of drug-likeness (QED) is 0.712. The van der Waals surface area contributed by atoms with Crippen molar-refractivity contribution in [3.63, 3.8) is 0 Å². The molecule has 18 heavy (non-hydrogen) atoms. The maximum absolute atomic E-state index is 11.4. The summed E-state index contributed by atoms with van der Waals surface area (Å²) in [6, 6.07) is 0. The Balaban J connectivity index is 2.50. The number of nitrogens with zero attached hydrogens (tertiary/aromatic N) is 1. The van der Waals surface area contributed by atoms with Gasteiger partial charge in [0.15, 0.2) is 0 Å². The third-order valence-electron chi connectivity index (χ3n) is 3.77. The van der Waals surface area contributed by atoms with Gasteiger partial charge in [0.25, 0.3) is 0 Å². The van der Waals surface area contributed by atoms with Crippen molar-refractivity contribution in [2.75, 3.05) is 32.8 Å². The lowest BCUT2D eigenvalue weighted by Gasteiger charge is -2.40. The number of piperidine rings is 1. The largest absolute Gasteiger partial charge is 0.481 e. The zero-order chi connectivity index (χ0) is 13.6. The van der Waals surface area contributed by atoms with Gasteiger partial charge < -0.3 is 14.9 Å². The lowest BCUT2D eigenvalue weighted by Crippen LogP contribution is -2.49. The van der Waals surface area contributed by atoms with Crippen LogP contribution in [0.15, 0.2) is 0 Å². The normalized spacial score (nSPS) is 27.1. The van der Waals surface area contributed by atoms with Gasteiger partial charge in [0.2, 0.25) is 0 Å². The second kappa shape index (κ2) is 7.07. The molecule has 5 nitrogen and oxygen atoms in total. The smallest absolute Gasteiger partial charge is 0.310 e. The summed E-state index contributed by atoms with van der Waals surface area (Å²) in [4.78, 5) is 13.4. The fourth-order valence-corrected chi connectivity index (χ4v) is 2.60. The summed E-state index contributed by atoms with van der Waals surface area (Å²) < 4.78 is 5.17. The molecule has 0 radical (unpaired) electrons. The van der Waals surface area contributed by atoms with Crippen LogP contribution in [0, 0.1) is 5.41 Å². The van der Waals surface area contributed by atoms with Crippen LogP contribution in [0.25, 0.3) is 0 Å². The minimum absolute atomic E-state index is 0.319. The van der Waals surface area contributed by atoms with Gasteiger partial charge in [0, 0.05) is 19.7 Å². The SMILES string of the molecule is CCOCC(O)CN1CCCC(CC)(C(=O)O)C1. The van der Waals surface area contributed by atoms with Crippen LogP contribution < -0.4 is 0 Å². The zero-order valence-electron chi connectivity index (χ0n) is 11.4. The number of hydrogen-bond donors (Lipinski definition) is 2. The maximum atomic E-state index is 11.4. The predicted octanol–water partition coefficient (Wildman–Crippen LogP) is 0.961. The van der Waals surface area contributed by atoms with Crippen LogP contribution >= 0.6 is 0 Å². The summed E-state index contributed by atoms with van der Waals surface area (Å²) in [5.41, 5.74) is -0.635. The Labute approximate surface area is 109 Å². The van der Waals surface area contributed by atoms with Crippen LogP contribution in [-0.2, 0) is 9.53 Å². The average Bonchev–Trinajstić information content (AvgIpc) is 2.36. The van der Waals surface area contributed by atoms with E-state index in [4.69, 9.17) is 4.74 Å². The molecule has 1 heterocycles. The van der Waals surface area contributed by atoms with Gasteiger partial charge >= 0.3 is 5.97 Å². The third-order valence-corrected chi connectivity index (χ3v) is 3.77. The lowest BCUT2D eigenvalue weighted by atomic mass is 9.77. The first-order valence-corrected chi connectivity index (χ1v) is 6.75. The van der Waals surface area contributed by atoms with Gasteiger partial charge in [0.05, 0.1) is 18.1 Å². The standard InChI is InChI=1S/C13H25NO4/c1-3-13(12(16)17)6-5-7-14(10-13)8-11(15)9-18-4-2/h11,15H,3-10H2,1-2H3,(H,16,17). The van der Waals surface area contributed by atoms with Crippen LogP contribution in [0.2, 0.25) is 0 Å². The van der Waals surface area contributed by atoms with Gasteiger partial charge in [-0.15, -0.1) is 0 Å². The number of hydrogen-bond acceptors (Lipinski definition) is 4. The highest BCUT2D eigenvalue weighted by Gasteiger charge is 2.40. The molecule has 0 aromatic carbocycles. The Hall–Kier alpha value is -0.650. The molecule has 106 valence electrons. The second-order valence-corrected chi connectivity index (χ2v) is 5.09. The van der Waals surface area contributed by atoms with Crippen LogP contribution in [0.3, 0.4) is 0 Å². The minimum Gasteiger partial charge on any atom is -0.481 e. The summed E-state index contributed by atoms with van der Waals surface area (Å²) in [7, 11) is 0. The maximum Gasteiger partial charge on any atom is 0.310 e. The second-order valence-electron chi connectivity index (χ2n) is 5.09. The summed E-state index contributed by atoms with van der Waals surface area (Å²) in [5.74, 6) is -0.714. The molecule has 2 atom stereocenters. The van der Waals surface area contributed by atoms with E-state index in [2.05, 4.69) is 0 Å². The monoisotopic (exact) mass is 259 g/mol. The van der Waals surface area contributed by atoms with E-state index in [1.165, 1.54) is 0 Å². The molecule has 1 rings (SSSR count). The number of aliphatic hydroxyl groups excluding tert-OH is 1. The van der Waals surface area contributed by atoms with Gasteiger partial charge in [-0.3, -0.25) is 9.69 Å². The van der Waals surface area contributed by atoms with Gasteiger partial charge in [-0.25, -0.2) is 0 Å². The van der Waals surface area contributed by atoms with E-state index in [0.717, 1.165) is 19.4 Å². The molecule has 5 heteroatoms. The third kappa shape index (κ3) is 3.93. The molecular formula is C13H25NO4. The number of carbonyl (C=O) groups is 1. The van der Waals surface area contributed by atoms with Gasteiger partial charge in [-0.2, -0.15) is 0 Å². The van der Waals surface area contributed by atoms with E-state index in [1.807, 2.05) is 18.7 Å². The number of likely N-dealkylation sites (tertiary alicyclic amines) is 1. The van der Waals surface area contributed by atoms with Crippen LogP contribution in [-0.4, -0.2) is 60.0 Å². The van der Waals surface area contributed by atoms with Crippen LogP contribution in [0.1, 0.15) is 33.1 Å². The number of aliphatic hydroxyl groups is 1. The van der Waals surface area contributed by atoms with E-state index in [0.29, 0.717) is 32.7 Å². The Kier molecular flexibility index (Phi) is 6.05. The molecule has 2 N–H and O–H groups in total. The van der Waals surface area contributed by atoms with E-state index in [1.54, 1.807) is 0 Å². The first-order chi connectivity index (χ1) is 8.54. The topological polar surface area (TPSA) is 70.0 Å². The van der Waals surface area contributed by atoms with Crippen molar-refractivity contribution in [3.05, 3.63) is 0 Å². The molecule has 0 aromatic heterocycles. The molecule has 0 amide bonds. The summed E-state index contributed by atoms with van der Waals surface area (Å²) in [6.07, 6.45) is 1.71. The molecule has 0 bridgehead atoms. The van der Waals surface area contributed by atoms with Crippen molar-refractivity contribution in [3.8, 4) is 0 Å². The van der Waals surface area contributed by atoms with Crippen LogP contribution in [0.4, 0.5) is 0 Å². The minimum atomic E-state index is -0.714. The molecule has 2 unspecified atom stereocenters. The fraction of sp³-hybridized carbons (Fsp3) is 0.923. The van der Waals surface area contributed by atoms with E-state index in [9.17, 15) is 15.0 Å². The number of carboxylic acid groups (broad SMARTS) is 1. The highest BCUT2D eigenvalue weighted by molar-refractivity contribution is 5.75. The Morgan fingerprint density at radius 1 is 1.50 bits per heavy atom.